The predicted octanol–water partition coefficient (Wildman–Crippen LogP) is 2.01. The number of nitrogens with one attached hydrogen (secondary N) is 1. The molecular weight excluding hydrogens is 264 g/mol. The summed E-state index contributed by atoms with van der Waals surface area (Å²) in [6.45, 7) is 4.06. The molecule has 0 aliphatic heterocycles. The van der Waals surface area contributed by atoms with Crippen LogP contribution in [0, 0.1) is 6.92 Å². The van der Waals surface area contributed by atoms with Crippen LogP contribution in [0.1, 0.15) is 24.8 Å². The first-order valence-corrected chi connectivity index (χ1v) is 7.99. The third kappa shape index (κ3) is 3.78. The van der Waals surface area contributed by atoms with E-state index in [1.165, 1.54) is 0 Å². The van der Waals surface area contributed by atoms with Gasteiger partial charge in [0.05, 0.1) is 5.75 Å². The van der Waals surface area contributed by atoms with Crippen molar-refractivity contribution in [3.05, 3.63) is 29.7 Å². The maximum atomic E-state index is 11.5. The van der Waals surface area contributed by atoms with Crippen molar-refractivity contribution in [3.63, 3.8) is 0 Å². The average Bonchev–Trinajstić information content (AvgIpc) is 2.68. The summed E-state index contributed by atoms with van der Waals surface area (Å²) < 4.78 is 31.0. The molecule has 2 aromatic rings. The highest BCUT2D eigenvalue weighted by Crippen LogP contribution is 2.16. The number of oxazole rings is 1. The van der Waals surface area contributed by atoms with Crippen molar-refractivity contribution in [2.45, 2.75) is 26.7 Å². The molecule has 0 fully saturated rings. The Balaban J connectivity index is 1.98. The lowest BCUT2D eigenvalue weighted by Gasteiger charge is -2.05. The summed E-state index contributed by atoms with van der Waals surface area (Å²) in [4.78, 5) is 4.25. The van der Waals surface area contributed by atoms with Crippen LogP contribution in [0.5, 0.6) is 0 Å². The number of hydrogen-bond donors (Lipinski definition) is 1. The summed E-state index contributed by atoms with van der Waals surface area (Å²) in [5, 5.41) is 0. The van der Waals surface area contributed by atoms with Gasteiger partial charge in [-0.3, -0.25) is 0 Å². The summed E-state index contributed by atoms with van der Waals surface area (Å²) in [5.41, 5.74) is 2.61. The number of aromatic nitrogens is 1. The molecule has 0 amide bonds. The van der Waals surface area contributed by atoms with E-state index in [1.54, 1.807) is 6.92 Å². The Morgan fingerprint density at radius 3 is 2.89 bits per heavy atom. The van der Waals surface area contributed by atoms with Crippen molar-refractivity contribution in [2.75, 3.05) is 12.3 Å². The average molecular weight is 282 g/mol. The van der Waals surface area contributed by atoms with E-state index in [9.17, 15) is 8.42 Å². The van der Waals surface area contributed by atoms with Gasteiger partial charge in [0.2, 0.25) is 10.0 Å². The van der Waals surface area contributed by atoms with E-state index in [1.807, 2.05) is 25.1 Å². The smallest absolute Gasteiger partial charge is 0.211 e. The molecule has 104 valence electrons. The van der Waals surface area contributed by atoms with Crippen LogP contribution < -0.4 is 4.72 Å². The molecule has 19 heavy (non-hydrogen) atoms. The van der Waals surface area contributed by atoms with Crippen molar-refractivity contribution in [1.29, 1.82) is 0 Å². The minimum absolute atomic E-state index is 0.175. The van der Waals surface area contributed by atoms with Gasteiger partial charge in [-0.2, -0.15) is 0 Å². The van der Waals surface area contributed by atoms with Gasteiger partial charge in [0.1, 0.15) is 5.52 Å². The zero-order valence-corrected chi connectivity index (χ0v) is 12.0. The van der Waals surface area contributed by atoms with Crippen LogP contribution >= 0.6 is 0 Å². The number of fused-ring (bicyclic) bond motifs is 1. The molecule has 2 rings (SSSR count). The van der Waals surface area contributed by atoms with Gasteiger partial charge in [-0.05, 0) is 30.5 Å². The Kier molecular flexibility index (Phi) is 4.21. The molecule has 0 saturated heterocycles. The molecule has 1 aromatic carbocycles. The van der Waals surface area contributed by atoms with Gasteiger partial charge in [0.15, 0.2) is 11.5 Å². The topological polar surface area (TPSA) is 72.2 Å². The fourth-order valence-corrected chi connectivity index (χ4v) is 3.03. The van der Waals surface area contributed by atoms with Crippen LogP contribution in [0.4, 0.5) is 0 Å². The molecule has 1 N–H and O–H groups in total. The molecule has 0 unspecified atom stereocenters. The molecule has 0 atom stereocenters. The number of aryl methyl sites for hydroxylation is 1. The normalized spacial score (nSPS) is 12.1. The number of rotatable bonds is 6. The van der Waals surface area contributed by atoms with Gasteiger partial charge in [0.25, 0.3) is 0 Å². The van der Waals surface area contributed by atoms with Crippen molar-refractivity contribution < 1.29 is 12.8 Å². The maximum absolute atomic E-state index is 11.5. The van der Waals surface area contributed by atoms with Crippen LogP contribution in [-0.4, -0.2) is 25.7 Å². The van der Waals surface area contributed by atoms with E-state index in [2.05, 4.69) is 9.71 Å². The summed E-state index contributed by atoms with van der Waals surface area (Å²) in [6, 6.07) is 5.73. The first-order valence-electron chi connectivity index (χ1n) is 6.33. The van der Waals surface area contributed by atoms with Gasteiger partial charge in [0, 0.05) is 13.5 Å². The van der Waals surface area contributed by atoms with Gasteiger partial charge in [-0.1, -0.05) is 13.0 Å². The molecule has 5 nitrogen and oxygen atoms in total. The second-order valence-electron chi connectivity index (χ2n) is 4.50. The third-order valence-electron chi connectivity index (χ3n) is 2.77. The molecule has 0 radical (unpaired) electrons. The highest BCUT2D eigenvalue weighted by atomic mass is 32.2. The number of benzene rings is 1. The van der Waals surface area contributed by atoms with Gasteiger partial charge < -0.3 is 4.42 Å². The van der Waals surface area contributed by atoms with Crippen molar-refractivity contribution in [1.82, 2.24) is 9.71 Å². The lowest BCUT2D eigenvalue weighted by Crippen LogP contribution is -2.28. The molecule has 0 spiro atoms. The van der Waals surface area contributed by atoms with Crippen LogP contribution in [0.15, 0.2) is 22.6 Å². The SMILES string of the molecule is CCCS(=O)(=O)NCCc1ccc2oc(C)nc2c1. The third-order valence-corrected chi connectivity index (χ3v) is 4.36. The van der Waals surface area contributed by atoms with E-state index in [0.29, 0.717) is 25.3 Å². The maximum Gasteiger partial charge on any atom is 0.211 e. The van der Waals surface area contributed by atoms with E-state index in [-0.39, 0.29) is 5.75 Å². The molecule has 0 bridgehead atoms. The summed E-state index contributed by atoms with van der Waals surface area (Å²) in [5.74, 6) is 0.810. The van der Waals surface area contributed by atoms with Gasteiger partial charge in [-0.15, -0.1) is 0 Å². The molecular formula is C13H18N2O3S. The molecule has 1 aromatic heterocycles. The first-order chi connectivity index (χ1) is 9.00. The molecule has 0 saturated carbocycles. The Labute approximate surface area is 113 Å². The van der Waals surface area contributed by atoms with Crippen LogP contribution in [0.3, 0.4) is 0 Å². The summed E-state index contributed by atoms with van der Waals surface area (Å²) in [6.07, 6.45) is 1.27. The predicted molar refractivity (Wildman–Crippen MR) is 74.5 cm³/mol. The quantitative estimate of drug-likeness (QED) is 0.879. The Hall–Kier alpha value is -1.40. The second-order valence-corrected chi connectivity index (χ2v) is 6.42. The van der Waals surface area contributed by atoms with E-state index < -0.39 is 10.0 Å². The van der Waals surface area contributed by atoms with Crippen LogP contribution in [0.25, 0.3) is 11.1 Å². The lowest BCUT2D eigenvalue weighted by molar-refractivity contribution is 0.561. The van der Waals surface area contributed by atoms with Crippen molar-refractivity contribution in [2.24, 2.45) is 0 Å². The minimum atomic E-state index is -3.12. The molecule has 0 aliphatic rings. The number of sulfonamides is 1. The highest BCUT2D eigenvalue weighted by Gasteiger charge is 2.08. The number of hydrogen-bond acceptors (Lipinski definition) is 4. The highest BCUT2D eigenvalue weighted by molar-refractivity contribution is 7.89. The monoisotopic (exact) mass is 282 g/mol. The molecule has 6 heteroatoms. The van der Waals surface area contributed by atoms with E-state index in [4.69, 9.17) is 4.42 Å². The zero-order chi connectivity index (χ0) is 13.9. The fourth-order valence-electron chi connectivity index (χ4n) is 1.94. The van der Waals surface area contributed by atoms with E-state index in [0.717, 1.165) is 16.7 Å². The van der Waals surface area contributed by atoms with Crippen LogP contribution in [0.2, 0.25) is 0 Å². The number of nitrogens with zero attached hydrogens (tertiary/aromatic N) is 1. The Morgan fingerprint density at radius 2 is 2.16 bits per heavy atom. The summed E-state index contributed by atoms with van der Waals surface area (Å²) >= 11 is 0. The largest absolute Gasteiger partial charge is 0.441 e. The first kappa shape index (κ1) is 14.0. The van der Waals surface area contributed by atoms with Crippen LogP contribution in [-0.2, 0) is 16.4 Å². The Morgan fingerprint density at radius 1 is 1.37 bits per heavy atom. The standard InChI is InChI=1S/C13H18N2O3S/c1-3-8-19(16,17)14-7-6-11-4-5-13-12(9-11)15-10(2)18-13/h4-5,9,14H,3,6-8H2,1-2H3. The lowest BCUT2D eigenvalue weighted by atomic mass is 10.1. The molecule has 0 aliphatic carbocycles. The minimum Gasteiger partial charge on any atom is -0.441 e. The fraction of sp³-hybridized carbons (Fsp3) is 0.462. The van der Waals surface area contributed by atoms with E-state index >= 15 is 0 Å². The van der Waals surface area contributed by atoms with Gasteiger partial charge >= 0.3 is 0 Å². The Bertz CT molecular complexity index is 662. The summed E-state index contributed by atoms with van der Waals surface area (Å²) in [7, 11) is -3.12. The second kappa shape index (κ2) is 5.71. The van der Waals surface area contributed by atoms with Crippen molar-refractivity contribution >= 4 is 21.1 Å². The van der Waals surface area contributed by atoms with Crippen molar-refractivity contribution in [3.8, 4) is 0 Å². The zero-order valence-electron chi connectivity index (χ0n) is 11.1. The molecule has 1 heterocycles. The van der Waals surface area contributed by atoms with Gasteiger partial charge in [-0.25, -0.2) is 18.1 Å².